The largest absolute Gasteiger partial charge is 0.233 e. The Balaban J connectivity index is 1.91. The summed E-state index contributed by atoms with van der Waals surface area (Å²) in [4.78, 5) is 4.40. The third-order valence-electron chi connectivity index (χ3n) is 3.22. The molecule has 0 aliphatic heterocycles. The topological polar surface area (TPSA) is 38.7 Å². The molecule has 20 heavy (non-hydrogen) atoms. The molecular weight excluding hydrogens is 246 g/mol. The summed E-state index contributed by atoms with van der Waals surface area (Å²) < 4.78 is 0. The van der Waals surface area contributed by atoms with Crippen molar-refractivity contribution in [2.45, 2.75) is 13.8 Å². The fourth-order valence-electron chi connectivity index (χ4n) is 1.97. The van der Waals surface area contributed by atoms with Crippen LogP contribution in [0.4, 0.5) is 0 Å². The molecule has 3 nitrogen and oxygen atoms in total. The van der Waals surface area contributed by atoms with Crippen LogP contribution in [0.2, 0.25) is 0 Å². The van der Waals surface area contributed by atoms with E-state index in [-0.39, 0.29) is 0 Å². The van der Waals surface area contributed by atoms with Gasteiger partial charge in [-0.2, -0.15) is 0 Å². The average molecular weight is 261 g/mol. The van der Waals surface area contributed by atoms with Crippen LogP contribution in [0.15, 0.2) is 54.7 Å². The number of hydrogen-bond acceptors (Lipinski definition) is 3. The summed E-state index contributed by atoms with van der Waals surface area (Å²) >= 11 is 0. The van der Waals surface area contributed by atoms with Crippen molar-refractivity contribution in [3.8, 4) is 22.6 Å². The van der Waals surface area contributed by atoms with E-state index in [4.69, 9.17) is 0 Å². The first-order valence-corrected chi connectivity index (χ1v) is 6.56. The van der Waals surface area contributed by atoms with E-state index < -0.39 is 0 Å². The zero-order valence-corrected chi connectivity index (χ0v) is 11.5. The van der Waals surface area contributed by atoms with E-state index in [1.54, 1.807) is 6.20 Å². The third kappa shape index (κ3) is 2.57. The maximum absolute atomic E-state index is 4.40. The number of aryl methyl sites for hydroxylation is 2. The third-order valence-corrected chi connectivity index (χ3v) is 3.22. The molecule has 0 N–H and O–H groups in total. The molecule has 0 aliphatic rings. The Bertz CT molecular complexity index is 634. The van der Waals surface area contributed by atoms with Crippen molar-refractivity contribution in [2.24, 2.45) is 0 Å². The SMILES string of the molecule is Cc1ccc(-c2cnc(-c3ccc(C)cc3)nn2)cc1. The molecule has 0 aliphatic carbocycles. The van der Waals surface area contributed by atoms with Crippen LogP contribution in [0.5, 0.6) is 0 Å². The first-order chi connectivity index (χ1) is 9.72. The quantitative estimate of drug-likeness (QED) is 0.704. The molecule has 0 atom stereocenters. The van der Waals surface area contributed by atoms with Crippen LogP contribution >= 0.6 is 0 Å². The van der Waals surface area contributed by atoms with Gasteiger partial charge in [-0.1, -0.05) is 59.7 Å². The minimum Gasteiger partial charge on any atom is -0.233 e. The Kier molecular flexibility index (Phi) is 3.25. The number of nitrogens with zero attached hydrogens (tertiary/aromatic N) is 3. The highest BCUT2D eigenvalue weighted by Gasteiger charge is 2.04. The van der Waals surface area contributed by atoms with Crippen LogP contribution in [0, 0.1) is 13.8 Å². The van der Waals surface area contributed by atoms with Gasteiger partial charge in [0.2, 0.25) is 0 Å². The van der Waals surface area contributed by atoms with Crippen molar-refractivity contribution >= 4 is 0 Å². The van der Waals surface area contributed by atoms with E-state index in [9.17, 15) is 0 Å². The molecule has 0 bridgehead atoms. The van der Waals surface area contributed by atoms with Crippen LogP contribution < -0.4 is 0 Å². The van der Waals surface area contributed by atoms with Crippen molar-refractivity contribution in [1.29, 1.82) is 0 Å². The predicted octanol–water partition coefficient (Wildman–Crippen LogP) is 3.82. The van der Waals surface area contributed by atoms with Crippen LogP contribution in [0.25, 0.3) is 22.6 Å². The molecule has 0 radical (unpaired) electrons. The minimum absolute atomic E-state index is 0.654. The van der Waals surface area contributed by atoms with E-state index >= 15 is 0 Å². The normalized spacial score (nSPS) is 10.5. The summed E-state index contributed by atoms with van der Waals surface area (Å²) in [5.41, 5.74) is 5.26. The van der Waals surface area contributed by atoms with Gasteiger partial charge in [0.05, 0.1) is 6.20 Å². The summed E-state index contributed by atoms with van der Waals surface area (Å²) in [6, 6.07) is 16.3. The maximum Gasteiger partial charge on any atom is 0.181 e. The zero-order valence-electron chi connectivity index (χ0n) is 11.5. The number of benzene rings is 2. The molecule has 3 rings (SSSR count). The van der Waals surface area contributed by atoms with Crippen molar-refractivity contribution in [1.82, 2.24) is 15.2 Å². The molecule has 0 saturated heterocycles. The zero-order chi connectivity index (χ0) is 13.9. The minimum atomic E-state index is 0.654. The first kappa shape index (κ1) is 12.5. The van der Waals surface area contributed by atoms with Gasteiger partial charge in [-0.15, -0.1) is 10.2 Å². The lowest BCUT2D eigenvalue weighted by Crippen LogP contribution is -1.94. The Morgan fingerprint density at radius 2 is 1.20 bits per heavy atom. The van der Waals surface area contributed by atoms with Gasteiger partial charge in [-0.05, 0) is 13.8 Å². The van der Waals surface area contributed by atoms with Gasteiger partial charge in [-0.25, -0.2) is 4.98 Å². The van der Waals surface area contributed by atoms with Crippen molar-refractivity contribution in [3.63, 3.8) is 0 Å². The lowest BCUT2D eigenvalue weighted by molar-refractivity contribution is 0.987. The summed E-state index contributed by atoms with van der Waals surface area (Å²) in [6.07, 6.45) is 1.77. The van der Waals surface area contributed by atoms with E-state index in [0.29, 0.717) is 5.82 Å². The monoisotopic (exact) mass is 261 g/mol. The van der Waals surface area contributed by atoms with Crippen molar-refractivity contribution < 1.29 is 0 Å². The average Bonchev–Trinajstić information content (AvgIpc) is 2.49. The molecule has 0 saturated carbocycles. The molecular formula is C17H15N3. The molecule has 0 spiro atoms. The molecule has 3 heteroatoms. The van der Waals surface area contributed by atoms with Crippen LogP contribution in [0.1, 0.15) is 11.1 Å². The van der Waals surface area contributed by atoms with E-state index in [0.717, 1.165) is 16.8 Å². The summed E-state index contributed by atoms with van der Waals surface area (Å²) in [7, 11) is 0. The van der Waals surface area contributed by atoms with Gasteiger partial charge < -0.3 is 0 Å². The van der Waals surface area contributed by atoms with Crippen LogP contribution in [-0.2, 0) is 0 Å². The van der Waals surface area contributed by atoms with Gasteiger partial charge in [-0.3, -0.25) is 0 Å². The standard InChI is InChI=1S/C17H15N3/c1-12-3-7-14(8-4-12)16-11-18-17(20-19-16)15-9-5-13(2)6-10-15/h3-11H,1-2H3. The molecule has 3 aromatic rings. The highest BCUT2D eigenvalue weighted by molar-refractivity contribution is 5.60. The van der Waals surface area contributed by atoms with Crippen molar-refractivity contribution in [2.75, 3.05) is 0 Å². The summed E-state index contributed by atoms with van der Waals surface area (Å²) in [5, 5.41) is 8.48. The Morgan fingerprint density at radius 3 is 1.70 bits per heavy atom. The Morgan fingerprint density at radius 1 is 0.650 bits per heavy atom. The van der Waals surface area contributed by atoms with Gasteiger partial charge >= 0.3 is 0 Å². The molecule has 0 amide bonds. The Labute approximate surface area is 118 Å². The number of hydrogen-bond donors (Lipinski definition) is 0. The highest BCUT2D eigenvalue weighted by Crippen LogP contribution is 2.18. The molecule has 1 aromatic heterocycles. The second-order valence-corrected chi connectivity index (χ2v) is 4.90. The summed E-state index contributed by atoms with van der Waals surface area (Å²) in [5.74, 6) is 0.654. The van der Waals surface area contributed by atoms with Crippen LogP contribution in [0.3, 0.4) is 0 Å². The van der Waals surface area contributed by atoms with Gasteiger partial charge in [0.1, 0.15) is 5.69 Å². The maximum atomic E-state index is 4.40. The first-order valence-electron chi connectivity index (χ1n) is 6.56. The van der Waals surface area contributed by atoms with E-state index in [1.807, 2.05) is 36.4 Å². The highest BCUT2D eigenvalue weighted by atomic mass is 15.2. The molecule has 2 aromatic carbocycles. The van der Waals surface area contributed by atoms with Crippen LogP contribution in [-0.4, -0.2) is 15.2 Å². The summed E-state index contributed by atoms with van der Waals surface area (Å²) in [6.45, 7) is 4.12. The smallest absolute Gasteiger partial charge is 0.181 e. The Hall–Kier alpha value is -2.55. The van der Waals surface area contributed by atoms with E-state index in [2.05, 4.69) is 41.2 Å². The second-order valence-electron chi connectivity index (χ2n) is 4.90. The second kappa shape index (κ2) is 5.21. The lowest BCUT2D eigenvalue weighted by Gasteiger charge is -2.03. The fourth-order valence-corrected chi connectivity index (χ4v) is 1.97. The molecule has 98 valence electrons. The van der Waals surface area contributed by atoms with Crippen molar-refractivity contribution in [3.05, 3.63) is 65.9 Å². The van der Waals surface area contributed by atoms with Gasteiger partial charge in [0, 0.05) is 11.1 Å². The van der Waals surface area contributed by atoms with Gasteiger partial charge in [0.15, 0.2) is 5.82 Å². The molecule has 0 fully saturated rings. The lowest BCUT2D eigenvalue weighted by atomic mass is 10.1. The molecule has 1 heterocycles. The van der Waals surface area contributed by atoms with Gasteiger partial charge in [0.25, 0.3) is 0 Å². The predicted molar refractivity (Wildman–Crippen MR) is 80.2 cm³/mol. The molecule has 0 unspecified atom stereocenters. The number of rotatable bonds is 2. The number of aromatic nitrogens is 3. The van der Waals surface area contributed by atoms with E-state index in [1.165, 1.54) is 11.1 Å². The fraction of sp³-hybridized carbons (Fsp3) is 0.118.